The van der Waals surface area contributed by atoms with E-state index in [0.29, 0.717) is 32.4 Å². The average molecular weight is 465 g/mol. The molecule has 0 saturated carbocycles. The zero-order valence-corrected chi connectivity index (χ0v) is 19.8. The van der Waals surface area contributed by atoms with Gasteiger partial charge in [0, 0.05) is 25.4 Å². The van der Waals surface area contributed by atoms with Gasteiger partial charge in [0.1, 0.15) is 12.1 Å². The fourth-order valence-electron chi connectivity index (χ4n) is 5.17. The summed E-state index contributed by atoms with van der Waals surface area (Å²) in [5, 5.41) is 12.3. The van der Waals surface area contributed by atoms with E-state index in [0.717, 1.165) is 0 Å². The first-order valence-corrected chi connectivity index (χ1v) is 11.9. The van der Waals surface area contributed by atoms with Gasteiger partial charge in [-0.05, 0) is 54.4 Å². The Hall–Kier alpha value is -3.35. The quantitative estimate of drug-likeness (QED) is 0.603. The predicted molar refractivity (Wildman–Crippen MR) is 128 cm³/mol. The molecule has 7 nitrogen and oxygen atoms in total. The largest absolute Gasteiger partial charge is 0.480 e. The van der Waals surface area contributed by atoms with E-state index in [-0.39, 0.29) is 30.8 Å². The Kier molecular flexibility index (Phi) is 6.91. The van der Waals surface area contributed by atoms with Crippen LogP contribution in [-0.2, 0) is 14.3 Å². The zero-order valence-electron chi connectivity index (χ0n) is 19.8. The molecule has 1 saturated heterocycles. The molecular formula is C27H32N2O5. The van der Waals surface area contributed by atoms with Crippen molar-refractivity contribution in [3.8, 4) is 11.1 Å². The van der Waals surface area contributed by atoms with Crippen molar-refractivity contribution in [1.29, 1.82) is 0 Å². The molecule has 1 unspecified atom stereocenters. The summed E-state index contributed by atoms with van der Waals surface area (Å²) in [6.45, 7) is 4.68. The third-order valence-corrected chi connectivity index (χ3v) is 7.18. The smallest absolute Gasteiger partial charge is 0.407 e. The molecule has 0 radical (unpaired) electrons. The summed E-state index contributed by atoms with van der Waals surface area (Å²) in [5.41, 5.74) is 3.58. The van der Waals surface area contributed by atoms with Crippen LogP contribution in [0.1, 0.15) is 56.6 Å². The molecule has 180 valence electrons. The lowest BCUT2D eigenvalue weighted by molar-refractivity contribution is -0.155. The Bertz CT molecular complexity index is 1040. The van der Waals surface area contributed by atoms with Crippen LogP contribution in [0.3, 0.4) is 0 Å². The number of nitrogens with one attached hydrogen (secondary N) is 1. The van der Waals surface area contributed by atoms with E-state index in [2.05, 4.69) is 29.6 Å². The summed E-state index contributed by atoms with van der Waals surface area (Å²) in [7, 11) is 0. The molecule has 34 heavy (non-hydrogen) atoms. The summed E-state index contributed by atoms with van der Waals surface area (Å²) >= 11 is 0. The molecule has 0 aromatic heterocycles. The second kappa shape index (κ2) is 9.87. The molecule has 2 amide bonds. The summed E-state index contributed by atoms with van der Waals surface area (Å²) in [6, 6.07) is 16.4. The van der Waals surface area contributed by atoms with Crippen LogP contribution in [0.15, 0.2) is 48.5 Å². The predicted octanol–water partition coefficient (Wildman–Crippen LogP) is 4.41. The van der Waals surface area contributed by atoms with Gasteiger partial charge in [0.2, 0.25) is 5.91 Å². The number of hydrogen-bond acceptors (Lipinski definition) is 4. The normalized spacial score (nSPS) is 19.9. The number of benzene rings is 2. The molecule has 1 fully saturated rings. The second-order valence-corrected chi connectivity index (χ2v) is 9.58. The number of rotatable bonds is 8. The standard InChI is InChI=1S/C27H32N2O5/c1-18(16-24(30)29-15-7-13-27(29,2)25(31)32)12-14-28-26(33)34-17-23-21-10-5-3-8-19(21)20-9-4-6-11-22(20)23/h3-6,8-11,18,23H,7,12-17H2,1-2H3,(H,28,33)(H,31,32)/t18?,27-/m1/s1. The first-order valence-electron chi connectivity index (χ1n) is 11.9. The van der Waals surface area contributed by atoms with Crippen molar-refractivity contribution in [2.24, 2.45) is 5.92 Å². The Morgan fingerprint density at radius 2 is 1.74 bits per heavy atom. The summed E-state index contributed by atoms with van der Waals surface area (Å²) < 4.78 is 5.55. The van der Waals surface area contributed by atoms with Gasteiger partial charge < -0.3 is 20.1 Å². The minimum Gasteiger partial charge on any atom is -0.480 e. The maximum atomic E-state index is 12.7. The highest BCUT2D eigenvalue weighted by Gasteiger charge is 2.45. The van der Waals surface area contributed by atoms with E-state index in [9.17, 15) is 19.5 Å². The van der Waals surface area contributed by atoms with Crippen LogP contribution in [-0.4, -0.2) is 53.2 Å². The maximum Gasteiger partial charge on any atom is 0.407 e. The van der Waals surface area contributed by atoms with E-state index in [4.69, 9.17) is 4.74 Å². The Balaban J connectivity index is 1.23. The van der Waals surface area contributed by atoms with Crippen molar-refractivity contribution in [2.45, 2.75) is 51.0 Å². The molecule has 2 aromatic carbocycles. The number of aliphatic carboxylic acids is 1. The minimum absolute atomic E-state index is 0.0127. The molecule has 7 heteroatoms. The molecule has 1 aliphatic heterocycles. The van der Waals surface area contributed by atoms with Crippen molar-refractivity contribution < 1.29 is 24.2 Å². The van der Waals surface area contributed by atoms with Gasteiger partial charge >= 0.3 is 12.1 Å². The van der Waals surface area contributed by atoms with Gasteiger partial charge in [-0.2, -0.15) is 0 Å². The van der Waals surface area contributed by atoms with Gasteiger partial charge in [0.25, 0.3) is 0 Å². The van der Waals surface area contributed by atoms with Gasteiger partial charge in [-0.3, -0.25) is 4.79 Å². The first-order chi connectivity index (χ1) is 16.3. The monoisotopic (exact) mass is 464 g/mol. The Morgan fingerprint density at radius 1 is 1.12 bits per heavy atom. The number of amides is 2. The van der Waals surface area contributed by atoms with E-state index in [1.807, 2.05) is 31.2 Å². The van der Waals surface area contributed by atoms with E-state index in [1.165, 1.54) is 27.2 Å². The van der Waals surface area contributed by atoms with Crippen molar-refractivity contribution in [1.82, 2.24) is 10.2 Å². The van der Waals surface area contributed by atoms with Crippen molar-refractivity contribution >= 4 is 18.0 Å². The van der Waals surface area contributed by atoms with Gasteiger partial charge in [0.05, 0.1) is 0 Å². The minimum atomic E-state index is -1.11. The number of fused-ring (bicyclic) bond motifs is 3. The van der Waals surface area contributed by atoms with Crippen LogP contribution in [0.2, 0.25) is 0 Å². The van der Waals surface area contributed by atoms with Gasteiger partial charge in [-0.1, -0.05) is 55.5 Å². The number of carbonyl (C=O) groups excluding carboxylic acids is 2. The van der Waals surface area contributed by atoms with E-state index >= 15 is 0 Å². The molecular weight excluding hydrogens is 432 g/mol. The molecule has 4 rings (SSSR count). The fraction of sp³-hybridized carbons (Fsp3) is 0.444. The van der Waals surface area contributed by atoms with Crippen molar-refractivity contribution in [2.75, 3.05) is 19.7 Å². The lowest BCUT2D eigenvalue weighted by atomic mass is 9.97. The average Bonchev–Trinajstić information content (AvgIpc) is 3.37. The Morgan fingerprint density at radius 3 is 2.35 bits per heavy atom. The van der Waals surface area contributed by atoms with Crippen LogP contribution in [0.25, 0.3) is 11.1 Å². The molecule has 0 spiro atoms. The molecule has 2 aromatic rings. The number of likely N-dealkylation sites (tertiary alicyclic amines) is 1. The summed E-state index contributed by atoms with van der Waals surface area (Å²) in [6.07, 6.45) is 1.57. The molecule has 0 bridgehead atoms. The third-order valence-electron chi connectivity index (χ3n) is 7.18. The molecule has 1 heterocycles. The maximum absolute atomic E-state index is 12.7. The number of alkyl carbamates (subject to hydrolysis) is 1. The van der Waals surface area contributed by atoms with Crippen LogP contribution < -0.4 is 5.32 Å². The van der Waals surface area contributed by atoms with Gasteiger partial charge in [-0.15, -0.1) is 0 Å². The van der Waals surface area contributed by atoms with E-state index < -0.39 is 17.6 Å². The fourth-order valence-corrected chi connectivity index (χ4v) is 5.17. The summed E-state index contributed by atoms with van der Waals surface area (Å²) in [4.78, 5) is 38.1. The zero-order chi connectivity index (χ0) is 24.3. The van der Waals surface area contributed by atoms with Crippen LogP contribution in [0.5, 0.6) is 0 Å². The lowest BCUT2D eigenvalue weighted by Crippen LogP contribution is -2.51. The van der Waals surface area contributed by atoms with Crippen molar-refractivity contribution in [3.63, 3.8) is 0 Å². The number of ether oxygens (including phenoxy) is 1. The van der Waals surface area contributed by atoms with Crippen LogP contribution >= 0.6 is 0 Å². The number of carbonyl (C=O) groups is 3. The van der Waals surface area contributed by atoms with Crippen LogP contribution in [0.4, 0.5) is 4.79 Å². The number of nitrogens with zero attached hydrogens (tertiary/aromatic N) is 1. The molecule has 2 atom stereocenters. The Labute approximate surface area is 200 Å². The lowest BCUT2D eigenvalue weighted by Gasteiger charge is -2.32. The van der Waals surface area contributed by atoms with Gasteiger partial charge in [0.15, 0.2) is 0 Å². The second-order valence-electron chi connectivity index (χ2n) is 9.58. The highest BCUT2D eigenvalue weighted by Crippen LogP contribution is 2.44. The van der Waals surface area contributed by atoms with E-state index in [1.54, 1.807) is 6.92 Å². The van der Waals surface area contributed by atoms with Crippen molar-refractivity contribution in [3.05, 3.63) is 59.7 Å². The molecule has 2 N–H and O–H groups in total. The number of hydrogen-bond donors (Lipinski definition) is 2. The third kappa shape index (κ3) is 4.65. The van der Waals surface area contributed by atoms with Gasteiger partial charge in [-0.25, -0.2) is 9.59 Å². The highest BCUT2D eigenvalue weighted by atomic mass is 16.5. The molecule has 1 aliphatic carbocycles. The van der Waals surface area contributed by atoms with Crippen LogP contribution in [0, 0.1) is 5.92 Å². The first kappa shape index (κ1) is 23.8. The summed E-state index contributed by atoms with van der Waals surface area (Å²) in [5.74, 6) is -1.07. The number of carboxylic acids is 1. The number of carboxylic acid groups (broad SMARTS) is 1. The highest BCUT2D eigenvalue weighted by molar-refractivity contribution is 5.87. The molecule has 2 aliphatic rings. The SMILES string of the molecule is CC(CCNC(=O)OCC1c2ccccc2-c2ccccc21)CC(=O)N1CCC[C@]1(C)C(=O)O. The topological polar surface area (TPSA) is 95.9 Å².